The zero-order valence-electron chi connectivity index (χ0n) is 14.6. The predicted molar refractivity (Wildman–Crippen MR) is 97.2 cm³/mol. The van der Waals surface area contributed by atoms with Gasteiger partial charge in [-0.1, -0.05) is 18.2 Å². The molecule has 3 aliphatic heterocycles. The number of piperidine rings is 2. The molecule has 2 N–H and O–H groups in total. The van der Waals surface area contributed by atoms with Crippen LogP contribution in [0.1, 0.15) is 44.9 Å². The van der Waals surface area contributed by atoms with Gasteiger partial charge < -0.3 is 15.5 Å². The van der Waals surface area contributed by atoms with Crippen molar-refractivity contribution >= 4 is 17.5 Å². The molecule has 0 aliphatic carbocycles. The van der Waals surface area contributed by atoms with Gasteiger partial charge in [0.1, 0.15) is 6.04 Å². The summed E-state index contributed by atoms with van der Waals surface area (Å²) in [6.45, 7) is 0.729. The fourth-order valence-electron chi connectivity index (χ4n) is 4.73. The molecule has 5 heteroatoms. The largest absolute Gasteiger partial charge is 0.344 e. The van der Waals surface area contributed by atoms with E-state index in [9.17, 15) is 9.59 Å². The van der Waals surface area contributed by atoms with Gasteiger partial charge in [0.2, 0.25) is 11.8 Å². The van der Waals surface area contributed by atoms with Crippen LogP contribution in [0.4, 0.5) is 5.69 Å². The molecule has 134 valence electrons. The molecule has 3 fully saturated rings. The third-order valence-electron chi connectivity index (χ3n) is 5.89. The van der Waals surface area contributed by atoms with E-state index in [-0.39, 0.29) is 17.9 Å². The van der Waals surface area contributed by atoms with Crippen LogP contribution in [0.2, 0.25) is 0 Å². The van der Waals surface area contributed by atoms with Gasteiger partial charge >= 0.3 is 0 Å². The number of hydrogen-bond acceptors (Lipinski definition) is 3. The zero-order valence-corrected chi connectivity index (χ0v) is 14.6. The van der Waals surface area contributed by atoms with Crippen molar-refractivity contribution in [2.45, 2.75) is 63.1 Å². The van der Waals surface area contributed by atoms with E-state index in [1.807, 2.05) is 30.3 Å². The number of hydrogen-bond donors (Lipinski definition) is 2. The third-order valence-corrected chi connectivity index (χ3v) is 5.89. The van der Waals surface area contributed by atoms with E-state index in [2.05, 4.69) is 10.6 Å². The van der Waals surface area contributed by atoms with Crippen molar-refractivity contribution in [2.75, 3.05) is 11.4 Å². The summed E-state index contributed by atoms with van der Waals surface area (Å²) in [6, 6.07) is 10.6. The summed E-state index contributed by atoms with van der Waals surface area (Å²) in [7, 11) is 0. The third kappa shape index (κ3) is 3.71. The van der Waals surface area contributed by atoms with E-state index < -0.39 is 0 Å². The molecule has 3 heterocycles. The fourth-order valence-corrected chi connectivity index (χ4v) is 4.73. The molecular formula is C20H27N3O2. The van der Waals surface area contributed by atoms with E-state index in [0.717, 1.165) is 37.9 Å². The second kappa shape index (κ2) is 7.16. The first-order valence-corrected chi connectivity index (χ1v) is 9.61. The lowest BCUT2D eigenvalue weighted by Gasteiger charge is -2.33. The van der Waals surface area contributed by atoms with E-state index in [1.165, 1.54) is 12.8 Å². The molecular weight excluding hydrogens is 314 g/mol. The van der Waals surface area contributed by atoms with Crippen LogP contribution in [0, 0.1) is 5.92 Å². The monoisotopic (exact) mass is 341 g/mol. The van der Waals surface area contributed by atoms with Crippen LogP contribution < -0.4 is 15.5 Å². The van der Waals surface area contributed by atoms with E-state index in [4.69, 9.17) is 0 Å². The number of carbonyl (C=O) groups excluding carboxylic acids is 2. The lowest BCUT2D eigenvalue weighted by molar-refractivity contribution is -0.129. The maximum Gasteiger partial charge on any atom is 0.249 e. The van der Waals surface area contributed by atoms with Crippen molar-refractivity contribution in [2.24, 2.45) is 5.92 Å². The zero-order chi connectivity index (χ0) is 17.2. The Morgan fingerprint density at radius 3 is 2.56 bits per heavy atom. The van der Waals surface area contributed by atoms with Crippen LogP contribution in [0.5, 0.6) is 0 Å². The van der Waals surface area contributed by atoms with E-state index in [0.29, 0.717) is 24.4 Å². The summed E-state index contributed by atoms with van der Waals surface area (Å²) in [6.07, 6.45) is 6.90. The lowest BCUT2D eigenvalue weighted by Crippen LogP contribution is -2.52. The lowest BCUT2D eigenvalue weighted by atomic mass is 9.89. The van der Waals surface area contributed by atoms with Crippen molar-refractivity contribution in [3.05, 3.63) is 30.3 Å². The van der Waals surface area contributed by atoms with E-state index >= 15 is 0 Å². The second-order valence-corrected chi connectivity index (χ2v) is 7.77. The Labute approximate surface area is 149 Å². The Balaban J connectivity index is 1.33. The number of nitrogens with one attached hydrogen (secondary N) is 2. The van der Waals surface area contributed by atoms with Crippen molar-refractivity contribution in [1.29, 1.82) is 0 Å². The predicted octanol–water partition coefficient (Wildman–Crippen LogP) is 2.22. The molecule has 2 amide bonds. The first kappa shape index (κ1) is 16.6. The quantitative estimate of drug-likeness (QED) is 0.883. The molecule has 5 nitrogen and oxygen atoms in total. The molecule has 3 aliphatic rings. The Bertz CT molecular complexity index is 621. The standard InChI is InChI=1S/C20H27N3O2/c24-19(13-14-11-15-8-9-16(12-14)21-15)22-18-7-4-10-23(20(18)25)17-5-2-1-3-6-17/h1-3,5-6,14-16,18,21H,4,7-13H2,(H,22,24). The molecule has 0 aromatic heterocycles. The number of nitrogens with zero attached hydrogens (tertiary/aromatic N) is 1. The highest BCUT2D eigenvalue weighted by atomic mass is 16.2. The minimum atomic E-state index is -0.375. The van der Waals surface area contributed by atoms with Gasteiger partial charge in [0.15, 0.2) is 0 Å². The van der Waals surface area contributed by atoms with Gasteiger partial charge in [-0.2, -0.15) is 0 Å². The highest BCUT2D eigenvalue weighted by molar-refractivity contribution is 5.99. The van der Waals surface area contributed by atoms with Gasteiger partial charge in [-0.05, 0) is 56.6 Å². The smallest absolute Gasteiger partial charge is 0.249 e. The molecule has 2 bridgehead atoms. The number of anilines is 1. The molecule has 0 spiro atoms. The maximum absolute atomic E-state index is 12.8. The number of fused-ring (bicyclic) bond motifs is 2. The topological polar surface area (TPSA) is 61.4 Å². The highest BCUT2D eigenvalue weighted by Gasteiger charge is 2.35. The summed E-state index contributed by atoms with van der Waals surface area (Å²) in [4.78, 5) is 27.1. The first-order chi connectivity index (χ1) is 12.2. The molecule has 3 atom stereocenters. The molecule has 1 aromatic rings. The molecule has 4 rings (SSSR count). The van der Waals surface area contributed by atoms with Crippen LogP contribution in [-0.4, -0.2) is 36.5 Å². The van der Waals surface area contributed by atoms with Gasteiger partial charge in [-0.15, -0.1) is 0 Å². The van der Waals surface area contributed by atoms with Gasteiger partial charge in [0, 0.05) is 30.7 Å². The summed E-state index contributed by atoms with van der Waals surface area (Å²) < 4.78 is 0. The number of benzene rings is 1. The van der Waals surface area contributed by atoms with Crippen molar-refractivity contribution in [3.8, 4) is 0 Å². The molecule has 0 radical (unpaired) electrons. The Hall–Kier alpha value is -1.88. The fraction of sp³-hybridized carbons (Fsp3) is 0.600. The number of rotatable bonds is 4. The Morgan fingerprint density at radius 1 is 1.12 bits per heavy atom. The normalized spacial score (nSPS) is 31.8. The van der Waals surface area contributed by atoms with Gasteiger partial charge in [0.25, 0.3) is 0 Å². The number of amides is 2. The van der Waals surface area contributed by atoms with Gasteiger partial charge in [-0.25, -0.2) is 0 Å². The summed E-state index contributed by atoms with van der Waals surface area (Å²) in [5, 5.41) is 6.63. The molecule has 3 saturated heterocycles. The average Bonchev–Trinajstić information content (AvgIpc) is 2.96. The minimum Gasteiger partial charge on any atom is -0.344 e. The van der Waals surface area contributed by atoms with Crippen LogP contribution in [-0.2, 0) is 9.59 Å². The minimum absolute atomic E-state index is 0.0242. The molecule has 25 heavy (non-hydrogen) atoms. The average molecular weight is 341 g/mol. The van der Waals surface area contributed by atoms with Crippen LogP contribution in [0.15, 0.2) is 30.3 Å². The summed E-state index contributed by atoms with van der Waals surface area (Å²) in [5.41, 5.74) is 0.918. The van der Waals surface area contributed by atoms with Crippen LogP contribution >= 0.6 is 0 Å². The number of carbonyl (C=O) groups is 2. The van der Waals surface area contributed by atoms with Crippen LogP contribution in [0.25, 0.3) is 0 Å². The molecule has 1 aromatic carbocycles. The van der Waals surface area contributed by atoms with Crippen molar-refractivity contribution in [3.63, 3.8) is 0 Å². The molecule has 3 unspecified atom stereocenters. The molecule has 0 saturated carbocycles. The van der Waals surface area contributed by atoms with Gasteiger partial charge in [-0.3, -0.25) is 9.59 Å². The highest BCUT2D eigenvalue weighted by Crippen LogP contribution is 2.32. The second-order valence-electron chi connectivity index (χ2n) is 7.77. The van der Waals surface area contributed by atoms with Gasteiger partial charge in [0.05, 0.1) is 0 Å². The Morgan fingerprint density at radius 2 is 1.84 bits per heavy atom. The SMILES string of the molecule is O=C(CC1CC2CCC(C1)N2)NC1CCCN(c2ccccc2)C1=O. The summed E-state index contributed by atoms with van der Waals surface area (Å²) in [5.74, 6) is 0.526. The number of para-hydroxylation sites is 1. The van der Waals surface area contributed by atoms with Crippen LogP contribution in [0.3, 0.4) is 0 Å². The first-order valence-electron chi connectivity index (χ1n) is 9.61. The summed E-state index contributed by atoms with van der Waals surface area (Å²) >= 11 is 0. The van der Waals surface area contributed by atoms with E-state index in [1.54, 1.807) is 4.90 Å². The Kier molecular flexibility index (Phi) is 4.75. The van der Waals surface area contributed by atoms with Crippen molar-refractivity contribution < 1.29 is 9.59 Å². The van der Waals surface area contributed by atoms with Crippen molar-refractivity contribution in [1.82, 2.24) is 10.6 Å². The maximum atomic E-state index is 12.8.